The van der Waals surface area contributed by atoms with Gasteiger partial charge in [0.15, 0.2) is 0 Å². The van der Waals surface area contributed by atoms with Gasteiger partial charge in [-0.05, 0) is 80.2 Å². The van der Waals surface area contributed by atoms with E-state index in [4.69, 9.17) is 0 Å². The molecule has 0 amide bonds. The largest absolute Gasteiger partial charge is 0.303 e. The topological polar surface area (TPSA) is 6.48 Å². The van der Waals surface area contributed by atoms with Crippen LogP contribution in [0.25, 0.3) is 0 Å². The first kappa shape index (κ1) is 18.9. The van der Waals surface area contributed by atoms with Gasteiger partial charge in [0.25, 0.3) is 0 Å². The molecule has 1 aromatic rings. The van der Waals surface area contributed by atoms with E-state index >= 15 is 0 Å². The SMILES string of the molecule is CC(C)CN1CCC2(CCN(Cc3ccc(C(C)C)cc3)CC2)CC1. The summed E-state index contributed by atoms with van der Waals surface area (Å²) in [4.78, 5) is 5.37. The summed E-state index contributed by atoms with van der Waals surface area (Å²) < 4.78 is 0. The Morgan fingerprint density at radius 3 is 1.80 bits per heavy atom. The summed E-state index contributed by atoms with van der Waals surface area (Å²) in [6.07, 6.45) is 5.67. The highest BCUT2D eigenvalue weighted by Gasteiger charge is 2.37. The van der Waals surface area contributed by atoms with Crippen LogP contribution in [0.5, 0.6) is 0 Å². The van der Waals surface area contributed by atoms with Crippen LogP contribution in [0.1, 0.15) is 70.4 Å². The van der Waals surface area contributed by atoms with Gasteiger partial charge < -0.3 is 4.90 Å². The van der Waals surface area contributed by atoms with E-state index < -0.39 is 0 Å². The number of benzene rings is 1. The zero-order chi connectivity index (χ0) is 17.9. The third kappa shape index (κ3) is 5.08. The number of hydrogen-bond donors (Lipinski definition) is 0. The molecule has 0 radical (unpaired) electrons. The molecule has 3 rings (SSSR count). The second kappa shape index (κ2) is 8.22. The smallest absolute Gasteiger partial charge is 0.0233 e. The molecule has 0 bridgehead atoms. The normalized spacial score (nSPS) is 22.2. The first-order chi connectivity index (χ1) is 12.0. The third-order valence-corrected chi connectivity index (χ3v) is 6.51. The molecule has 0 N–H and O–H groups in total. The molecular formula is C23H38N2. The average molecular weight is 343 g/mol. The van der Waals surface area contributed by atoms with Crippen LogP contribution in [0.3, 0.4) is 0 Å². The molecule has 2 aliphatic rings. The standard InChI is InChI=1S/C23H38N2/c1-19(2)17-24-13-9-23(10-14-24)11-15-25(16-12-23)18-21-5-7-22(8-6-21)20(3)4/h5-8,19-20H,9-18H2,1-4H3. The maximum atomic E-state index is 2.69. The van der Waals surface area contributed by atoms with E-state index in [0.29, 0.717) is 11.3 Å². The lowest BCUT2D eigenvalue weighted by atomic mass is 9.71. The van der Waals surface area contributed by atoms with Crippen molar-refractivity contribution in [2.24, 2.45) is 11.3 Å². The van der Waals surface area contributed by atoms with Crippen molar-refractivity contribution >= 4 is 0 Å². The van der Waals surface area contributed by atoms with Gasteiger partial charge in [-0.25, -0.2) is 0 Å². The van der Waals surface area contributed by atoms with Crippen LogP contribution < -0.4 is 0 Å². The number of rotatable bonds is 5. The van der Waals surface area contributed by atoms with Gasteiger partial charge >= 0.3 is 0 Å². The fraction of sp³-hybridized carbons (Fsp3) is 0.739. The monoisotopic (exact) mass is 342 g/mol. The van der Waals surface area contributed by atoms with Crippen molar-refractivity contribution in [3.05, 3.63) is 35.4 Å². The molecule has 0 saturated carbocycles. The van der Waals surface area contributed by atoms with Crippen LogP contribution in [-0.2, 0) is 6.54 Å². The lowest BCUT2D eigenvalue weighted by Gasteiger charge is -2.47. The maximum Gasteiger partial charge on any atom is 0.0233 e. The molecule has 2 nitrogen and oxygen atoms in total. The Morgan fingerprint density at radius 1 is 0.800 bits per heavy atom. The minimum absolute atomic E-state index is 0.630. The van der Waals surface area contributed by atoms with Gasteiger partial charge in [-0.2, -0.15) is 0 Å². The van der Waals surface area contributed by atoms with E-state index in [9.17, 15) is 0 Å². The molecule has 2 saturated heterocycles. The zero-order valence-corrected chi connectivity index (χ0v) is 16.9. The van der Waals surface area contributed by atoms with Gasteiger partial charge in [-0.1, -0.05) is 52.0 Å². The fourth-order valence-electron chi connectivity index (χ4n) is 4.68. The van der Waals surface area contributed by atoms with E-state index in [1.807, 2.05) is 0 Å². The fourth-order valence-corrected chi connectivity index (χ4v) is 4.68. The summed E-state index contributed by atoms with van der Waals surface area (Å²) in [5.41, 5.74) is 3.59. The number of piperidine rings is 2. The summed E-state index contributed by atoms with van der Waals surface area (Å²) >= 11 is 0. The minimum Gasteiger partial charge on any atom is -0.303 e. The summed E-state index contributed by atoms with van der Waals surface area (Å²) in [7, 11) is 0. The second-order valence-corrected chi connectivity index (χ2v) is 9.37. The molecule has 2 heteroatoms. The number of nitrogens with zero attached hydrogens (tertiary/aromatic N) is 2. The van der Waals surface area contributed by atoms with Gasteiger partial charge in [-0.15, -0.1) is 0 Å². The van der Waals surface area contributed by atoms with Crippen molar-refractivity contribution in [3.63, 3.8) is 0 Å². The average Bonchev–Trinajstić information content (AvgIpc) is 2.59. The molecule has 0 atom stereocenters. The van der Waals surface area contributed by atoms with Crippen molar-refractivity contribution in [1.29, 1.82) is 0 Å². The quantitative estimate of drug-likeness (QED) is 0.730. The highest BCUT2D eigenvalue weighted by atomic mass is 15.2. The Hall–Kier alpha value is -0.860. The molecule has 0 unspecified atom stereocenters. The van der Waals surface area contributed by atoms with Crippen molar-refractivity contribution in [3.8, 4) is 0 Å². The Balaban J connectivity index is 1.46. The summed E-state index contributed by atoms with van der Waals surface area (Å²) in [6.45, 7) is 16.9. The van der Waals surface area contributed by atoms with Gasteiger partial charge in [0.05, 0.1) is 0 Å². The zero-order valence-electron chi connectivity index (χ0n) is 16.9. The summed E-state index contributed by atoms with van der Waals surface area (Å²) in [5.74, 6) is 1.43. The first-order valence-corrected chi connectivity index (χ1v) is 10.5. The second-order valence-electron chi connectivity index (χ2n) is 9.37. The molecular weight excluding hydrogens is 304 g/mol. The predicted molar refractivity (Wildman–Crippen MR) is 108 cm³/mol. The van der Waals surface area contributed by atoms with Crippen LogP contribution in [0.2, 0.25) is 0 Å². The predicted octanol–water partition coefficient (Wildman–Crippen LogP) is 5.14. The van der Waals surface area contributed by atoms with E-state index in [1.165, 1.54) is 69.5 Å². The Bertz CT molecular complexity index is 514. The minimum atomic E-state index is 0.630. The molecule has 2 aliphatic heterocycles. The van der Waals surface area contributed by atoms with E-state index in [0.717, 1.165) is 12.5 Å². The highest BCUT2D eigenvalue weighted by Crippen LogP contribution is 2.41. The third-order valence-electron chi connectivity index (χ3n) is 6.51. The lowest BCUT2D eigenvalue weighted by Crippen LogP contribution is -2.47. The molecule has 2 heterocycles. The van der Waals surface area contributed by atoms with Crippen LogP contribution in [0.4, 0.5) is 0 Å². The van der Waals surface area contributed by atoms with Crippen molar-refractivity contribution < 1.29 is 0 Å². The van der Waals surface area contributed by atoms with Crippen molar-refractivity contribution in [1.82, 2.24) is 9.80 Å². The van der Waals surface area contributed by atoms with Crippen molar-refractivity contribution in [2.45, 2.75) is 65.8 Å². The van der Waals surface area contributed by atoms with Crippen LogP contribution in [0, 0.1) is 11.3 Å². The Morgan fingerprint density at radius 2 is 1.32 bits per heavy atom. The molecule has 1 aromatic carbocycles. The number of likely N-dealkylation sites (tertiary alicyclic amines) is 2. The van der Waals surface area contributed by atoms with Gasteiger partial charge in [0.1, 0.15) is 0 Å². The van der Waals surface area contributed by atoms with E-state index in [-0.39, 0.29) is 0 Å². The van der Waals surface area contributed by atoms with Gasteiger partial charge in [-0.3, -0.25) is 4.90 Å². The van der Waals surface area contributed by atoms with Crippen molar-refractivity contribution in [2.75, 3.05) is 32.7 Å². The van der Waals surface area contributed by atoms with Gasteiger partial charge in [0.2, 0.25) is 0 Å². The maximum absolute atomic E-state index is 2.69. The summed E-state index contributed by atoms with van der Waals surface area (Å²) in [6, 6.07) is 9.31. The van der Waals surface area contributed by atoms with Crippen LogP contribution in [0.15, 0.2) is 24.3 Å². The molecule has 25 heavy (non-hydrogen) atoms. The van der Waals surface area contributed by atoms with Crippen LogP contribution in [-0.4, -0.2) is 42.5 Å². The van der Waals surface area contributed by atoms with E-state index in [2.05, 4.69) is 61.8 Å². The molecule has 0 aliphatic carbocycles. The molecule has 2 fully saturated rings. The summed E-state index contributed by atoms with van der Waals surface area (Å²) in [5, 5.41) is 0. The van der Waals surface area contributed by atoms with Gasteiger partial charge in [0, 0.05) is 13.1 Å². The molecule has 0 aromatic heterocycles. The Labute approximate surface area is 155 Å². The highest BCUT2D eigenvalue weighted by molar-refractivity contribution is 5.24. The number of hydrogen-bond acceptors (Lipinski definition) is 2. The Kier molecular flexibility index (Phi) is 6.22. The molecule has 1 spiro atoms. The lowest BCUT2D eigenvalue weighted by molar-refractivity contribution is 0.0291. The van der Waals surface area contributed by atoms with E-state index in [1.54, 1.807) is 0 Å². The molecule has 140 valence electrons. The first-order valence-electron chi connectivity index (χ1n) is 10.5. The van der Waals surface area contributed by atoms with Crippen LogP contribution >= 0.6 is 0 Å².